The van der Waals surface area contributed by atoms with Crippen LogP contribution in [0.3, 0.4) is 0 Å². The summed E-state index contributed by atoms with van der Waals surface area (Å²) in [5.74, 6) is 0.992. The quantitative estimate of drug-likeness (QED) is 0.805. The van der Waals surface area contributed by atoms with Crippen molar-refractivity contribution in [2.24, 2.45) is 0 Å². The molecule has 0 amide bonds. The summed E-state index contributed by atoms with van der Waals surface area (Å²) in [6, 6.07) is 4.97. The van der Waals surface area contributed by atoms with Gasteiger partial charge in [0.15, 0.2) is 4.34 Å². The minimum atomic E-state index is -0.615. The molecule has 1 N–H and O–H groups in total. The number of ether oxygens (including phenoxy) is 1. The Kier molecular flexibility index (Phi) is 5.92. The molecule has 0 fully saturated rings. The van der Waals surface area contributed by atoms with Crippen molar-refractivity contribution >= 4 is 46.3 Å². The number of aromatic nitrogens is 2. The van der Waals surface area contributed by atoms with Crippen LogP contribution in [-0.2, 0) is 0 Å². The second-order valence-electron chi connectivity index (χ2n) is 3.94. The van der Waals surface area contributed by atoms with Crippen LogP contribution in [-0.4, -0.2) is 33.8 Å². The predicted octanol–water partition coefficient (Wildman–Crippen LogP) is 3.69. The van der Waals surface area contributed by atoms with Crippen LogP contribution in [0.25, 0.3) is 0 Å². The van der Waals surface area contributed by atoms with Gasteiger partial charge in [0, 0.05) is 10.8 Å². The Hall–Kier alpha value is -0.530. The number of hydrogen-bond acceptors (Lipinski definition) is 6. The number of rotatable bonds is 6. The van der Waals surface area contributed by atoms with Gasteiger partial charge in [0.05, 0.1) is 11.1 Å². The van der Waals surface area contributed by atoms with Crippen molar-refractivity contribution in [1.82, 2.24) is 10.2 Å². The van der Waals surface area contributed by atoms with Crippen LogP contribution in [0.1, 0.15) is 5.01 Å². The molecule has 0 aliphatic rings. The molecule has 20 heavy (non-hydrogen) atoms. The highest BCUT2D eigenvalue weighted by atomic mass is 35.5. The van der Waals surface area contributed by atoms with E-state index in [-0.39, 0.29) is 6.61 Å². The van der Waals surface area contributed by atoms with Crippen molar-refractivity contribution in [2.75, 3.05) is 12.4 Å². The van der Waals surface area contributed by atoms with Crippen molar-refractivity contribution in [3.8, 4) is 5.75 Å². The molecule has 8 heteroatoms. The van der Waals surface area contributed by atoms with Crippen molar-refractivity contribution < 1.29 is 9.84 Å². The lowest BCUT2D eigenvalue weighted by atomic mass is 10.3. The van der Waals surface area contributed by atoms with Crippen LogP contribution in [0.4, 0.5) is 0 Å². The molecular formula is C12H12Cl2N2O2S2. The van der Waals surface area contributed by atoms with E-state index < -0.39 is 6.10 Å². The Labute approximate surface area is 135 Å². The van der Waals surface area contributed by atoms with Gasteiger partial charge in [-0.1, -0.05) is 46.3 Å². The molecule has 0 saturated heterocycles. The first-order valence-corrected chi connectivity index (χ1v) is 8.29. The Morgan fingerprint density at radius 2 is 2.20 bits per heavy atom. The number of benzene rings is 1. The van der Waals surface area contributed by atoms with Crippen LogP contribution in [0.5, 0.6) is 5.75 Å². The highest BCUT2D eigenvalue weighted by Crippen LogP contribution is 2.28. The van der Waals surface area contributed by atoms with Gasteiger partial charge in [-0.3, -0.25) is 0 Å². The molecule has 1 atom stereocenters. The van der Waals surface area contributed by atoms with Crippen LogP contribution in [0.2, 0.25) is 10.0 Å². The first-order chi connectivity index (χ1) is 9.54. The lowest BCUT2D eigenvalue weighted by Gasteiger charge is -2.12. The zero-order chi connectivity index (χ0) is 14.5. The van der Waals surface area contributed by atoms with Gasteiger partial charge in [-0.2, -0.15) is 0 Å². The van der Waals surface area contributed by atoms with Crippen molar-refractivity contribution in [2.45, 2.75) is 17.4 Å². The Bertz CT molecular complexity index is 580. The summed E-state index contributed by atoms with van der Waals surface area (Å²) >= 11 is 14.7. The minimum Gasteiger partial charge on any atom is -0.489 e. The molecule has 108 valence electrons. The van der Waals surface area contributed by atoms with Crippen LogP contribution < -0.4 is 4.74 Å². The minimum absolute atomic E-state index is 0.159. The number of aryl methyl sites for hydroxylation is 1. The second-order valence-corrected chi connectivity index (χ2v) is 7.23. The number of aliphatic hydroxyl groups is 1. The largest absolute Gasteiger partial charge is 0.489 e. The molecular weight excluding hydrogens is 339 g/mol. The van der Waals surface area contributed by atoms with Gasteiger partial charge in [0.25, 0.3) is 0 Å². The van der Waals surface area contributed by atoms with Gasteiger partial charge in [-0.15, -0.1) is 10.2 Å². The molecule has 0 spiro atoms. The SMILES string of the molecule is Cc1nnc(SCC(O)COc2ccc(Cl)cc2Cl)s1. The average molecular weight is 351 g/mol. The summed E-state index contributed by atoms with van der Waals surface area (Å²) in [4.78, 5) is 0. The Balaban J connectivity index is 1.78. The zero-order valence-corrected chi connectivity index (χ0v) is 13.7. The number of nitrogens with zero attached hydrogens (tertiary/aromatic N) is 2. The van der Waals surface area contributed by atoms with E-state index in [0.717, 1.165) is 9.35 Å². The van der Waals surface area contributed by atoms with Crippen molar-refractivity contribution in [1.29, 1.82) is 0 Å². The summed E-state index contributed by atoms with van der Waals surface area (Å²) in [6.45, 7) is 2.05. The third kappa shape index (κ3) is 4.79. The van der Waals surface area contributed by atoms with E-state index in [0.29, 0.717) is 21.5 Å². The molecule has 1 aromatic carbocycles. The van der Waals surface area contributed by atoms with E-state index >= 15 is 0 Å². The maximum atomic E-state index is 9.87. The maximum Gasteiger partial charge on any atom is 0.174 e. The molecule has 0 saturated carbocycles. The number of aliphatic hydroxyl groups excluding tert-OH is 1. The van der Waals surface area contributed by atoms with Crippen molar-refractivity contribution in [3.63, 3.8) is 0 Å². The van der Waals surface area contributed by atoms with Crippen molar-refractivity contribution in [3.05, 3.63) is 33.3 Å². The van der Waals surface area contributed by atoms with Gasteiger partial charge in [0.1, 0.15) is 17.4 Å². The van der Waals surface area contributed by atoms with Gasteiger partial charge >= 0.3 is 0 Å². The smallest absolute Gasteiger partial charge is 0.174 e. The molecule has 1 unspecified atom stereocenters. The lowest BCUT2D eigenvalue weighted by Crippen LogP contribution is -2.20. The summed E-state index contributed by atoms with van der Waals surface area (Å²) < 4.78 is 6.30. The molecule has 4 nitrogen and oxygen atoms in total. The third-order valence-electron chi connectivity index (χ3n) is 2.23. The molecule has 1 heterocycles. The van der Waals surface area contributed by atoms with Gasteiger partial charge in [0.2, 0.25) is 0 Å². The summed E-state index contributed by atoms with van der Waals surface area (Å²) in [7, 11) is 0. The van der Waals surface area contributed by atoms with E-state index in [4.69, 9.17) is 27.9 Å². The summed E-state index contributed by atoms with van der Waals surface area (Å²) in [5.41, 5.74) is 0. The first kappa shape index (κ1) is 15.9. The topological polar surface area (TPSA) is 55.2 Å². The highest BCUT2D eigenvalue weighted by Gasteiger charge is 2.10. The van der Waals surface area contributed by atoms with Crippen LogP contribution >= 0.6 is 46.3 Å². The summed E-state index contributed by atoms with van der Waals surface area (Å²) in [6.07, 6.45) is -0.615. The van der Waals surface area contributed by atoms with Crippen LogP contribution in [0, 0.1) is 6.92 Å². The second kappa shape index (κ2) is 7.47. The summed E-state index contributed by atoms with van der Waals surface area (Å²) in [5, 5.41) is 19.6. The standard InChI is InChI=1S/C12H12Cl2N2O2S2/c1-7-15-16-12(20-7)19-6-9(17)5-18-11-3-2-8(13)4-10(11)14/h2-4,9,17H,5-6H2,1H3. The molecule has 0 bridgehead atoms. The highest BCUT2D eigenvalue weighted by molar-refractivity contribution is 8.01. The van der Waals surface area contributed by atoms with Gasteiger partial charge < -0.3 is 9.84 Å². The molecule has 2 rings (SSSR count). The van der Waals surface area contributed by atoms with E-state index in [2.05, 4.69) is 10.2 Å². The molecule has 0 radical (unpaired) electrons. The Morgan fingerprint density at radius 1 is 1.40 bits per heavy atom. The van der Waals surface area contributed by atoms with E-state index in [1.54, 1.807) is 18.2 Å². The number of thioether (sulfide) groups is 1. The third-order valence-corrected chi connectivity index (χ3v) is 4.88. The fraction of sp³-hybridized carbons (Fsp3) is 0.333. The normalized spacial score (nSPS) is 12.4. The number of hydrogen-bond donors (Lipinski definition) is 1. The monoisotopic (exact) mass is 350 g/mol. The van der Waals surface area contributed by atoms with E-state index in [1.165, 1.54) is 23.1 Å². The van der Waals surface area contributed by atoms with Gasteiger partial charge in [-0.25, -0.2) is 0 Å². The van der Waals surface area contributed by atoms with E-state index in [9.17, 15) is 5.11 Å². The molecule has 1 aromatic heterocycles. The van der Waals surface area contributed by atoms with Crippen LogP contribution in [0.15, 0.2) is 22.5 Å². The Morgan fingerprint density at radius 3 is 2.85 bits per heavy atom. The predicted molar refractivity (Wildman–Crippen MR) is 83.3 cm³/mol. The van der Waals surface area contributed by atoms with E-state index in [1.807, 2.05) is 6.92 Å². The van der Waals surface area contributed by atoms with Gasteiger partial charge in [-0.05, 0) is 25.1 Å². The maximum absolute atomic E-state index is 9.87. The average Bonchev–Trinajstić information content (AvgIpc) is 2.81. The fourth-order valence-corrected chi connectivity index (χ4v) is 3.54. The zero-order valence-electron chi connectivity index (χ0n) is 10.5. The molecule has 0 aliphatic carbocycles. The molecule has 2 aromatic rings. The first-order valence-electron chi connectivity index (χ1n) is 5.73. The fourth-order valence-electron chi connectivity index (χ4n) is 1.33. The lowest BCUT2D eigenvalue weighted by molar-refractivity contribution is 0.126. The number of halogens is 2. The molecule has 0 aliphatic heterocycles.